The van der Waals surface area contributed by atoms with Crippen LogP contribution in [0.5, 0.6) is 0 Å². The average molecular weight is 431 g/mol. The van der Waals surface area contributed by atoms with E-state index in [4.69, 9.17) is 0 Å². The summed E-state index contributed by atoms with van der Waals surface area (Å²) >= 11 is 3.38. The van der Waals surface area contributed by atoms with Gasteiger partial charge in [-0.2, -0.15) is 0 Å². The maximum Gasteiger partial charge on any atom is 0.264 e. The third-order valence-corrected chi connectivity index (χ3v) is 5.27. The fourth-order valence-corrected chi connectivity index (χ4v) is 3.30. The van der Waals surface area contributed by atoms with E-state index >= 15 is 0 Å². The van der Waals surface area contributed by atoms with Crippen LogP contribution in [0.4, 0.5) is 11.6 Å². The molecule has 0 atom stereocenters. The van der Waals surface area contributed by atoms with Crippen LogP contribution in [0, 0.1) is 6.92 Å². The minimum absolute atomic E-state index is 0.0438. The summed E-state index contributed by atoms with van der Waals surface area (Å²) in [6, 6.07) is 15.7. The number of aliphatic imine (C=N–C) groups is 1. The molecule has 0 aliphatic heterocycles. The van der Waals surface area contributed by atoms with Crippen molar-refractivity contribution in [3.63, 3.8) is 0 Å². The van der Waals surface area contributed by atoms with Gasteiger partial charge in [-0.1, -0.05) is 28.1 Å². The van der Waals surface area contributed by atoms with Crippen LogP contribution in [0.1, 0.15) is 11.3 Å². The number of hydrogen-bond donors (Lipinski definition) is 1. The van der Waals surface area contributed by atoms with E-state index in [2.05, 4.69) is 35.6 Å². The Hall–Kier alpha value is -2.58. The van der Waals surface area contributed by atoms with E-state index < -0.39 is 10.0 Å². The van der Waals surface area contributed by atoms with Crippen molar-refractivity contribution >= 4 is 43.8 Å². The normalized spacial score (nSPS) is 11.6. The highest BCUT2D eigenvalue weighted by Gasteiger charge is 2.15. The summed E-state index contributed by atoms with van der Waals surface area (Å²) in [5.74, 6) is 0.0438. The number of hydrogen-bond acceptors (Lipinski definition) is 5. The quantitative estimate of drug-likeness (QED) is 0.617. The van der Waals surface area contributed by atoms with Crippen molar-refractivity contribution in [1.29, 1.82) is 0 Å². The third kappa shape index (κ3) is 4.74. The molecule has 1 N–H and O–H groups in total. The van der Waals surface area contributed by atoms with Gasteiger partial charge in [0.1, 0.15) is 0 Å². The van der Waals surface area contributed by atoms with E-state index in [0.717, 1.165) is 10.0 Å². The maximum atomic E-state index is 12.4. The highest BCUT2D eigenvalue weighted by Crippen LogP contribution is 2.18. The highest BCUT2D eigenvalue weighted by atomic mass is 79.9. The molecule has 0 aliphatic rings. The number of rotatable bonds is 5. The van der Waals surface area contributed by atoms with Gasteiger partial charge >= 0.3 is 0 Å². The van der Waals surface area contributed by atoms with Crippen molar-refractivity contribution in [2.24, 2.45) is 4.99 Å². The first-order valence-corrected chi connectivity index (χ1v) is 9.92. The molecule has 1 aromatic heterocycles. The molecule has 0 saturated carbocycles. The first kappa shape index (κ1) is 18.2. The molecule has 2 aromatic carbocycles. The predicted molar refractivity (Wildman–Crippen MR) is 105 cm³/mol. The minimum Gasteiger partial charge on any atom is -0.256 e. The summed E-state index contributed by atoms with van der Waals surface area (Å²) in [5, 5.41) is 0. The van der Waals surface area contributed by atoms with Gasteiger partial charge in [0, 0.05) is 22.6 Å². The van der Waals surface area contributed by atoms with Crippen LogP contribution in [0.25, 0.3) is 0 Å². The molecule has 0 amide bonds. The van der Waals surface area contributed by atoms with Crippen LogP contribution in [0.3, 0.4) is 0 Å². The molecule has 3 aromatic rings. The molecule has 132 valence electrons. The molecular formula is C18H15BrN4O2S. The molecule has 1 heterocycles. The van der Waals surface area contributed by atoms with Gasteiger partial charge in [0.15, 0.2) is 0 Å². The lowest BCUT2D eigenvalue weighted by Crippen LogP contribution is -2.15. The Balaban J connectivity index is 1.75. The molecule has 0 radical (unpaired) electrons. The predicted octanol–water partition coefficient (Wildman–Crippen LogP) is 4.10. The molecule has 0 fully saturated rings. The summed E-state index contributed by atoms with van der Waals surface area (Å²) < 4.78 is 28.2. The average Bonchev–Trinajstić information content (AvgIpc) is 2.61. The molecule has 8 heteroatoms. The lowest BCUT2D eigenvalue weighted by atomic mass is 10.2. The lowest BCUT2D eigenvalue weighted by molar-refractivity contribution is 0.601. The summed E-state index contributed by atoms with van der Waals surface area (Å²) in [6.45, 7) is 1.76. The summed E-state index contributed by atoms with van der Waals surface area (Å²) in [6.07, 6.45) is 3.22. The van der Waals surface area contributed by atoms with Crippen LogP contribution in [0.2, 0.25) is 0 Å². The molecule has 26 heavy (non-hydrogen) atoms. The second-order valence-electron chi connectivity index (χ2n) is 5.43. The molecule has 6 nitrogen and oxygen atoms in total. The van der Waals surface area contributed by atoms with Gasteiger partial charge in [-0.25, -0.2) is 23.1 Å². The zero-order valence-electron chi connectivity index (χ0n) is 13.8. The Morgan fingerprint density at radius 2 is 1.73 bits per heavy atom. The SMILES string of the molecule is Cc1ccnc(NS(=O)(=O)c2ccc(N=Cc3ccc(Br)cc3)cc2)n1. The van der Waals surface area contributed by atoms with Gasteiger partial charge in [0.25, 0.3) is 10.0 Å². The number of nitrogens with zero attached hydrogens (tertiary/aromatic N) is 3. The van der Waals surface area contributed by atoms with E-state index in [0.29, 0.717) is 11.4 Å². The van der Waals surface area contributed by atoms with E-state index in [9.17, 15) is 8.42 Å². The number of nitrogens with one attached hydrogen (secondary N) is 1. The monoisotopic (exact) mass is 430 g/mol. The number of aryl methyl sites for hydroxylation is 1. The Morgan fingerprint density at radius 3 is 2.38 bits per heavy atom. The molecule has 0 saturated heterocycles. The zero-order chi connectivity index (χ0) is 18.6. The van der Waals surface area contributed by atoms with Crippen molar-refractivity contribution < 1.29 is 8.42 Å². The number of halogens is 1. The molecule has 0 unspecified atom stereocenters. The van der Waals surface area contributed by atoms with Gasteiger partial charge in [0.05, 0.1) is 10.6 Å². The second-order valence-corrected chi connectivity index (χ2v) is 8.03. The van der Waals surface area contributed by atoms with Gasteiger partial charge in [-0.05, 0) is 55.0 Å². The van der Waals surface area contributed by atoms with E-state index in [1.807, 2.05) is 24.3 Å². The molecule has 3 rings (SSSR count). The van der Waals surface area contributed by atoms with Gasteiger partial charge in [0.2, 0.25) is 5.95 Å². The Bertz CT molecular complexity index is 1030. The fraction of sp³-hybridized carbons (Fsp3) is 0.0556. The number of aromatic nitrogens is 2. The zero-order valence-corrected chi connectivity index (χ0v) is 16.2. The fourth-order valence-electron chi connectivity index (χ4n) is 2.09. The largest absolute Gasteiger partial charge is 0.264 e. The molecule has 0 aliphatic carbocycles. The van der Waals surface area contributed by atoms with Gasteiger partial charge in [-0.3, -0.25) is 4.99 Å². The van der Waals surface area contributed by atoms with Crippen molar-refractivity contribution in [2.75, 3.05) is 4.72 Å². The molecule has 0 bridgehead atoms. The Kier molecular flexibility index (Phi) is 5.43. The third-order valence-electron chi connectivity index (χ3n) is 3.40. The van der Waals surface area contributed by atoms with Gasteiger partial charge in [-0.15, -0.1) is 0 Å². The number of benzene rings is 2. The first-order valence-electron chi connectivity index (χ1n) is 7.64. The standard InChI is InChI=1S/C18H15BrN4O2S/c1-13-10-11-20-18(22-13)23-26(24,25)17-8-6-16(7-9-17)21-12-14-2-4-15(19)5-3-14/h2-12H,1H3,(H,20,22,23). The Labute approximate surface area is 160 Å². The van der Waals surface area contributed by atoms with E-state index in [1.54, 1.807) is 31.3 Å². The van der Waals surface area contributed by atoms with Crippen LogP contribution < -0.4 is 4.72 Å². The summed E-state index contributed by atoms with van der Waals surface area (Å²) in [4.78, 5) is 12.4. The van der Waals surface area contributed by atoms with Crippen LogP contribution in [-0.4, -0.2) is 24.6 Å². The number of sulfonamides is 1. The van der Waals surface area contributed by atoms with E-state index in [1.165, 1.54) is 18.3 Å². The smallest absolute Gasteiger partial charge is 0.256 e. The second kappa shape index (κ2) is 7.76. The van der Waals surface area contributed by atoms with Gasteiger partial charge < -0.3 is 0 Å². The first-order chi connectivity index (χ1) is 12.4. The maximum absolute atomic E-state index is 12.4. The van der Waals surface area contributed by atoms with Crippen molar-refractivity contribution in [3.8, 4) is 0 Å². The topological polar surface area (TPSA) is 84.3 Å². The van der Waals surface area contributed by atoms with Crippen molar-refractivity contribution in [3.05, 3.63) is 76.5 Å². The van der Waals surface area contributed by atoms with Crippen molar-refractivity contribution in [2.45, 2.75) is 11.8 Å². The summed E-state index contributed by atoms with van der Waals surface area (Å²) in [7, 11) is -3.75. The van der Waals surface area contributed by atoms with Crippen LogP contribution in [0.15, 0.2) is 75.2 Å². The highest BCUT2D eigenvalue weighted by molar-refractivity contribution is 9.10. The van der Waals surface area contributed by atoms with Crippen LogP contribution in [-0.2, 0) is 10.0 Å². The summed E-state index contributed by atoms with van der Waals surface area (Å²) in [5.41, 5.74) is 2.28. The molecular weight excluding hydrogens is 416 g/mol. The van der Waals surface area contributed by atoms with Crippen LogP contribution >= 0.6 is 15.9 Å². The Morgan fingerprint density at radius 1 is 1.04 bits per heavy atom. The lowest BCUT2D eigenvalue weighted by Gasteiger charge is -2.07. The van der Waals surface area contributed by atoms with Crippen molar-refractivity contribution in [1.82, 2.24) is 9.97 Å². The molecule has 0 spiro atoms. The van der Waals surface area contributed by atoms with E-state index in [-0.39, 0.29) is 10.8 Å². The minimum atomic E-state index is -3.75. The number of anilines is 1.